The van der Waals surface area contributed by atoms with Crippen molar-refractivity contribution in [2.45, 2.75) is 26.2 Å². The SMILES string of the molecule is COCOc1[c]cccc1C(C)(C)C. The van der Waals surface area contributed by atoms with Gasteiger partial charge in [0.2, 0.25) is 0 Å². The smallest absolute Gasteiger partial charge is 0.188 e. The Morgan fingerprint density at radius 1 is 1.36 bits per heavy atom. The van der Waals surface area contributed by atoms with Crippen LogP contribution in [-0.4, -0.2) is 13.9 Å². The van der Waals surface area contributed by atoms with Crippen LogP contribution >= 0.6 is 0 Å². The number of hydrogen-bond donors (Lipinski definition) is 0. The Balaban J connectivity index is 2.92. The molecule has 1 radical (unpaired) electrons. The quantitative estimate of drug-likeness (QED) is 0.687. The minimum atomic E-state index is 0.0703. The summed E-state index contributed by atoms with van der Waals surface area (Å²) in [6, 6.07) is 8.95. The van der Waals surface area contributed by atoms with Gasteiger partial charge < -0.3 is 9.47 Å². The molecule has 0 fully saturated rings. The molecule has 0 aliphatic heterocycles. The Morgan fingerprint density at radius 2 is 2.07 bits per heavy atom. The molecule has 0 N–H and O–H groups in total. The first-order valence-electron chi connectivity index (χ1n) is 4.68. The monoisotopic (exact) mass is 193 g/mol. The summed E-state index contributed by atoms with van der Waals surface area (Å²) in [4.78, 5) is 0. The number of rotatable bonds is 3. The topological polar surface area (TPSA) is 18.5 Å². The molecule has 2 nitrogen and oxygen atoms in total. The Labute approximate surface area is 85.8 Å². The van der Waals surface area contributed by atoms with Gasteiger partial charge in [0.05, 0.1) is 0 Å². The van der Waals surface area contributed by atoms with Crippen molar-refractivity contribution in [2.24, 2.45) is 0 Å². The third-order valence-corrected chi connectivity index (χ3v) is 1.95. The number of para-hydroxylation sites is 1. The Hall–Kier alpha value is -1.02. The first-order chi connectivity index (χ1) is 6.55. The second-order valence-electron chi connectivity index (χ2n) is 4.21. The summed E-state index contributed by atoms with van der Waals surface area (Å²) in [5, 5.41) is 0. The molecule has 0 unspecified atom stereocenters. The van der Waals surface area contributed by atoms with E-state index in [4.69, 9.17) is 9.47 Å². The van der Waals surface area contributed by atoms with Crippen molar-refractivity contribution in [3.8, 4) is 5.75 Å². The third kappa shape index (κ3) is 2.74. The van der Waals surface area contributed by atoms with Gasteiger partial charge in [-0.15, -0.1) is 0 Å². The van der Waals surface area contributed by atoms with Gasteiger partial charge in [0.1, 0.15) is 5.75 Å². The fourth-order valence-electron chi connectivity index (χ4n) is 1.25. The number of methoxy groups -OCH3 is 1. The molecule has 0 aliphatic rings. The van der Waals surface area contributed by atoms with Gasteiger partial charge in [0.25, 0.3) is 0 Å². The van der Waals surface area contributed by atoms with Gasteiger partial charge in [-0.25, -0.2) is 0 Å². The van der Waals surface area contributed by atoms with Gasteiger partial charge in [-0.3, -0.25) is 0 Å². The highest BCUT2D eigenvalue weighted by Gasteiger charge is 2.18. The van der Waals surface area contributed by atoms with E-state index in [1.807, 2.05) is 12.1 Å². The summed E-state index contributed by atoms with van der Waals surface area (Å²) in [6.07, 6.45) is 0. The maximum Gasteiger partial charge on any atom is 0.188 e. The zero-order chi connectivity index (χ0) is 10.6. The molecular weight excluding hydrogens is 176 g/mol. The van der Waals surface area contributed by atoms with Crippen molar-refractivity contribution < 1.29 is 9.47 Å². The molecule has 77 valence electrons. The Bertz CT molecular complexity index is 287. The molecule has 0 amide bonds. The summed E-state index contributed by atoms with van der Waals surface area (Å²) >= 11 is 0. The molecule has 0 heterocycles. The average Bonchev–Trinajstić information content (AvgIpc) is 2.14. The summed E-state index contributed by atoms with van der Waals surface area (Å²) < 4.78 is 10.3. The highest BCUT2D eigenvalue weighted by molar-refractivity contribution is 5.37. The van der Waals surface area contributed by atoms with E-state index in [0.29, 0.717) is 0 Å². The molecule has 0 bridgehead atoms. The molecule has 14 heavy (non-hydrogen) atoms. The van der Waals surface area contributed by atoms with Crippen molar-refractivity contribution in [2.75, 3.05) is 13.9 Å². The van der Waals surface area contributed by atoms with Crippen LogP contribution in [0, 0.1) is 6.07 Å². The lowest BCUT2D eigenvalue weighted by Gasteiger charge is -2.22. The molecular formula is C12H17O2. The lowest BCUT2D eigenvalue weighted by Crippen LogP contribution is -2.14. The maximum absolute atomic E-state index is 5.44. The predicted molar refractivity (Wildman–Crippen MR) is 56.5 cm³/mol. The number of ether oxygens (including phenoxy) is 2. The van der Waals surface area contributed by atoms with Gasteiger partial charge in [-0.2, -0.15) is 0 Å². The van der Waals surface area contributed by atoms with Crippen LogP contribution in [0.4, 0.5) is 0 Å². The van der Waals surface area contributed by atoms with Crippen LogP contribution in [0.15, 0.2) is 18.2 Å². The minimum Gasteiger partial charge on any atom is -0.467 e. The van der Waals surface area contributed by atoms with Gasteiger partial charge in [0.15, 0.2) is 6.79 Å². The molecule has 0 aliphatic carbocycles. The fourth-order valence-corrected chi connectivity index (χ4v) is 1.25. The van der Waals surface area contributed by atoms with Crippen LogP contribution in [0.25, 0.3) is 0 Å². The number of benzene rings is 1. The van der Waals surface area contributed by atoms with E-state index in [1.54, 1.807) is 7.11 Å². The molecule has 0 spiro atoms. The molecule has 1 rings (SSSR count). The van der Waals surface area contributed by atoms with E-state index in [2.05, 4.69) is 32.9 Å². The summed E-state index contributed by atoms with van der Waals surface area (Å²) in [5.41, 5.74) is 1.22. The molecule has 2 heteroatoms. The van der Waals surface area contributed by atoms with E-state index in [1.165, 1.54) is 0 Å². The minimum absolute atomic E-state index is 0.0703. The van der Waals surface area contributed by atoms with Crippen molar-refractivity contribution in [1.29, 1.82) is 0 Å². The van der Waals surface area contributed by atoms with Crippen molar-refractivity contribution >= 4 is 0 Å². The summed E-state index contributed by atoms with van der Waals surface area (Å²) in [6.45, 7) is 6.71. The van der Waals surface area contributed by atoms with Crippen LogP contribution in [-0.2, 0) is 10.2 Å². The van der Waals surface area contributed by atoms with Crippen LogP contribution in [0.1, 0.15) is 26.3 Å². The molecule has 0 aromatic heterocycles. The van der Waals surface area contributed by atoms with Crippen molar-refractivity contribution in [3.63, 3.8) is 0 Å². The zero-order valence-electron chi connectivity index (χ0n) is 9.26. The zero-order valence-corrected chi connectivity index (χ0v) is 9.26. The van der Waals surface area contributed by atoms with E-state index >= 15 is 0 Å². The molecule has 1 aromatic carbocycles. The second kappa shape index (κ2) is 4.47. The molecule has 1 aromatic rings. The molecule has 0 saturated carbocycles. The average molecular weight is 193 g/mol. The molecule has 0 atom stereocenters. The van der Waals surface area contributed by atoms with E-state index < -0.39 is 0 Å². The van der Waals surface area contributed by atoms with Gasteiger partial charge in [-0.05, 0) is 5.41 Å². The first kappa shape index (κ1) is 11.1. The normalized spacial score (nSPS) is 11.4. The van der Waals surface area contributed by atoms with Crippen LogP contribution < -0.4 is 4.74 Å². The van der Waals surface area contributed by atoms with E-state index in [-0.39, 0.29) is 12.2 Å². The Kier molecular flexibility index (Phi) is 3.53. The lowest BCUT2D eigenvalue weighted by atomic mass is 9.86. The molecule has 0 saturated heterocycles. The Morgan fingerprint density at radius 3 is 2.64 bits per heavy atom. The largest absolute Gasteiger partial charge is 0.467 e. The first-order valence-corrected chi connectivity index (χ1v) is 4.68. The third-order valence-electron chi connectivity index (χ3n) is 1.95. The van der Waals surface area contributed by atoms with Gasteiger partial charge >= 0.3 is 0 Å². The van der Waals surface area contributed by atoms with Crippen molar-refractivity contribution in [1.82, 2.24) is 0 Å². The lowest BCUT2D eigenvalue weighted by molar-refractivity contribution is 0.0496. The summed E-state index contributed by atoms with van der Waals surface area (Å²) in [7, 11) is 1.61. The maximum atomic E-state index is 5.44. The van der Waals surface area contributed by atoms with Crippen LogP contribution in [0.2, 0.25) is 0 Å². The van der Waals surface area contributed by atoms with Crippen LogP contribution in [0.3, 0.4) is 0 Å². The predicted octanol–water partition coefficient (Wildman–Crippen LogP) is 2.77. The van der Waals surface area contributed by atoms with Gasteiger partial charge in [-0.1, -0.05) is 39.0 Å². The highest BCUT2D eigenvalue weighted by atomic mass is 16.7. The van der Waals surface area contributed by atoms with Crippen LogP contribution in [0.5, 0.6) is 5.75 Å². The van der Waals surface area contributed by atoms with E-state index in [9.17, 15) is 0 Å². The fraction of sp³-hybridized carbons (Fsp3) is 0.500. The van der Waals surface area contributed by atoms with Crippen molar-refractivity contribution in [3.05, 3.63) is 29.8 Å². The highest BCUT2D eigenvalue weighted by Crippen LogP contribution is 2.30. The standard InChI is InChI=1S/C12H17O2/c1-12(2,3)10-7-5-6-8-11(10)14-9-13-4/h5-7H,9H2,1-4H3. The summed E-state index contributed by atoms with van der Waals surface area (Å²) in [5.74, 6) is 0.779. The van der Waals surface area contributed by atoms with Gasteiger partial charge in [0, 0.05) is 18.7 Å². The van der Waals surface area contributed by atoms with E-state index in [0.717, 1.165) is 11.3 Å². The second-order valence-corrected chi connectivity index (χ2v) is 4.21. The number of hydrogen-bond acceptors (Lipinski definition) is 2.